The molecule has 1 aromatic heterocycles. The highest BCUT2D eigenvalue weighted by atomic mass is 32.2. The summed E-state index contributed by atoms with van der Waals surface area (Å²) in [5, 5.41) is 3.06. The molecule has 0 bridgehead atoms. The number of sulfone groups is 1. The standard InChI is InChI=1S/C21H25N3O3S/c1-16-10-7-8-13-18(16)19-23-21(20(27-19)22-14-9-15-24(2)3)28(25,26)17-11-5-4-6-12-17/h4-8,10-13,22H,9,14-15H2,1-3H3/p+1. The van der Waals surface area contributed by atoms with Crippen LogP contribution < -0.4 is 10.2 Å². The van der Waals surface area contributed by atoms with Gasteiger partial charge in [0.25, 0.3) is 0 Å². The summed E-state index contributed by atoms with van der Waals surface area (Å²) in [5.74, 6) is 0.490. The predicted octanol–water partition coefficient (Wildman–Crippen LogP) is 2.43. The summed E-state index contributed by atoms with van der Waals surface area (Å²) in [7, 11) is 0.363. The lowest BCUT2D eigenvalue weighted by molar-refractivity contribution is -0.858. The van der Waals surface area contributed by atoms with Crippen molar-refractivity contribution in [2.75, 3.05) is 32.5 Å². The highest BCUT2D eigenvalue weighted by Gasteiger charge is 2.28. The van der Waals surface area contributed by atoms with E-state index in [4.69, 9.17) is 4.42 Å². The Kier molecular flexibility index (Phi) is 6.16. The minimum Gasteiger partial charge on any atom is -0.419 e. The molecule has 7 heteroatoms. The quantitative estimate of drug-likeness (QED) is 0.568. The van der Waals surface area contributed by atoms with Crippen LogP contribution in [0.4, 0.5) is 5.88 Å². The number of hydrogen-bond acceptors (Lipinski definition) is 5. The lowest BCUT2D eigenvalue weighted by Gasteiger charge is -2.08. The van der Waals surface area contributed by atoms with Crippen molar-refractivity contribution in [2.45, 2.75) is 23.3 Å². The topological polar surface area (TPSA) is 76.6 Å². The Hall–Kier alpha value is -2.64. The first kappa shape index (κ1) is 20.1. The second-order valence-corrected chi connectivity index (χ2v) is 8.89. The number of benzene rings is 2. The van der Waals surface area contributed by atoms with Gasteiger partial charge in [0.15, 0.2) is 0 Å². The predicted molar refractivity (Wildman–Crippen MR) is 109 cm³/mol. The SMILES string of the molecule is Cc1ccccc1-c1nc(S(=O)(=O)c2ccccc2)c(NCCC[NH+](C)C)o1. The Morgan fingerprint density at radius 1 is 1.04 bits per heavy atom. The summed E-state index contributed by atoms with van der Waals surface area (Å²) in [6.07, 6.45) is 0.882. The van der Waals surface area contributed by atoms with Crippen molar-refractivity contribution in [1.29, 1.82) is 0 Å². The number of quaternary nitrogens is 1. The lowest BCUT2D eigenvalue weighted by Crippen LogP contribution is -3.05. The Labute approximate surface area is 166 Å². The third kappa shape index (κ3) is 4.43. The number of nitrogens with zero attached hydrogens (tertiary/aromatic N) is 1. The molecule has 0 saturated carbocycles. The fourth-order valence-electron chi connectivity index (χ4n) is 2.88. The number of oxazole rings is 1. The van der Waals surface area contributed by atoms with Crippen molar-refractivity contribution in [2.24, 2.45) is 0 Å². The van der Waals surface area contributed by atoms with Gasteiger partial charge >= 0.3 is 0 Å². The van der Waals surface area contributed by atoms with Gasteiger partial charge in [-0.3, -0.25) is 0 Å². The fraction of sp³-hybridized carbons (Fsp3) is 0.286. The maximum atomic E-state index is 13.2. The first-order valence-electron chi connectivity index (χ1n) is 9.29. The summed E-state index contributed by atoms with van der Waals surface area (Å²) in [6, 6.07) is 15.9. The third-order valence-corrected chi connectivity index (χ3v) is 6.10. The van der Waals surface area contributed by atoms with E-state index in [1.54, 1.807) is 30.3 Å². The summed E-state index contributed by atoms with van der Waals surface area (Å²) < 4.78 is 32.2. The number of anilines is 1. The Morgan fingerprint density at radius 2 is 1.71 bits per heavy atom. The lowest BCUT2D eigenvalue weighted by atomic mass is 10.1. The average Bonchev–Trinajstić information content (AvgIpc) is 3.11. The van der Waals surface area contributed by atoms with Gasteiger partial charge in [-0.15, -0.1) is 0 Å². The molecule has 0 spiro atoms. The zero-order chi connectivity index (χ0) is 20.1. The van der Waals surface area contributed by atoms with E-state index >= 15 is 0 Å². The van der Waals surface area contributed by atoms with Gasteiger partial charge in [-0.05, 0) is 30.7 Å². The molecule has 0 saturated heterocycles. The third-order valence-electron chi connectivity index (χ3n) is 4.42. The van der Waals surface area contributed by atoms with Gasteiger partial charge in [-0.2, -0.15) is 4.98 Å². The monoisotopic (exact) mass is 400 g/mol. The maximum Gasteiger partial charge on any atom is 0.233 e. The molecule has 0 radical (unpaired) electrons. The zero-order valence-corrected chi connectivity index (χ0v) is 17.2. The molecule has 0 unspecified atom stereocenters. The van der Waals surface area contributed by atoms with Gasteiger partial charge in [0, 0.05) is 18.5 Å². The van der Waals surface area contributed by atoms with Crippen molar-refractivity contribution < 1.29 is 17.7 Å². The molecular formula is C21H26N3O3S+. The summed E-state index contributed by atoms with van der Waals surface area (Å²) >= 11 is 0. The van der Waals surface area contributed by atoms with E-state index in [-0.39, 0.29) is 15.8 Å². The number of aryl methyl sites for hydroxylation is 1. The van der Waals surface area contributed by atoms with Crippen molar-refractivity contribution >= 4 is 15.7 Å². The van der Waals surface area contributed by atoms with Crippen LogP contribution in [0.15, 0.2) is 68.9 Å². The van der Waals surface area contributed by atoms with Gasteiger partial charge in [-0.1, -0.05) is 36.4 Å². The first-order valence-corrected chi connectivity index (χ1v) is 10.8. The molecule has 148 valence electrons. The summed E-state index contributed by atoms with van der Waals surface area (Å²) in [5.41, 5.74) is 1.74. The second kappa shape index (κ2) is 8.58. The van der Waals surface area contributed by atoms with Crippen LogP contribution in [0.2, 0.25) is 0 Å². The molecule has 3 rings (SSSR count). The van der Waals surface area contributed by atoms with E-state index in [1.807, 2.05) is 31.2 Å². The van der Waals surface area contributed by atoms with Crippen LogP contribution >= 0.6 is 0 Å². The molecule has 2 N–H and O–H groups in total. The molecule has 0 fully saturated rings. The van der Waals surface area contributed by atoms with Crippen LogP contribution in [0.3, 0.4) is 0 Å². The average molecular weight is 401 g/mol. The van der Waals surface area contributed by atoms with E-state index in [9.17, 15) is 8.42 Å². The molecule has 3 aromatic rings. The number of aromatic nitrogens is 1. The van der Waals surface area contributed by atoms with Crippen LogP contribution in [-0.2, 0) is 9.84 Å². The fourth-order valence-corrected chi connectivity index (χ4v) is 4.18. The number of rotatable bonds is 8. The van der Waals surface area contributed by atoms with Crippen molar-refractivity contribution in [3.63, 3.8) is 0 Å². The molecule has 0 amide bonds. The van der Waals surface area contributed by atoms with Crippen molar-refractivity contribution in [3.8, 4) is 11.5 Å². The molecule has 28 heavy (non-hydrogen) atoms. The molecule has 0 aliphatic carbocycles. The Bertz CT molecular complexity index is 1030. The number of hydrogen-bond donors (Lipinski definition) is 2. The smallest absolute Gasteiger partial charge is 0.233 e. The van der Waals surface area contributed by atoms with Crippen molar-refractivity contribution in [1.82, 2.24) is 4.98 Å². The van der Waals surface area contributed by atoms with Gasteiger partial charge in [0.2, 0.25) is 26.6 Å². The molecule has 0 atom stereocenters. The molecule has 6 nitrogen and oxygen atoms in total. The first-order chi connectivity index (χ1) is 13.4. The van der Waals surface area contributed by atoms with Crippen LogP contribution in [0, 0.1) is 6.92 Å². The summed E-state index contributed by atoms with van der Waals surface area (Å²) in [4.78, 5) is 5.91. The minimum atomic E-state index is -3.80. The van der Waals surface area contributed by atoms with Crippen LogP contribution in [-0.4, -0.2) is 40.6 Å². The normalized spacial score (nSPS) is 11.7. The van der Waals surface area contributed by atoms with Gasteiger partial charge in [0.05, 0.1) is 25.5 Å². The van der Waals surface area contributed by atoms with Crippen LogP contribution in [0.5, 0.6) is 0 Å². The minimum absolute atomic E-state index is 0.0749. The number of nitrogens with one attached hydrogen (secondary N) is 2. The van der Waals surface area contributed by atoms with E-state index in [0.717, 1.165) is 24.1 Å². The van der Waals surface area contributed by atoms with Gasteiger partial charge in [0.1, 0.15) is 0 Å². The van der Waals surface area contributed by atoms with E-state index in [2.05, 4.69) is 24.4 Å². The van der Waals surface area contributed by atoms with Crippen molar-refractivity contribution in [3.05, 3.63) is 60.2 Å². The van der Waals surface area contributed by atoms with Crippen LogP contribution in [0.1, 0.15) is 12.0 Å². The van der Waals surface area contributed by atoms with Gasteiger partial charge < -0.3 is 14.6 Å². The Morgan fingerprint density at radius 3 is 2.39 bits per heavy atom. The molecule has 2 aromatic carbocycles. The molecule has 1 heterocycles. The largest absolute Gasteiger partial charge is 0.419 e. The maximum absolute atomic E-state index is 13.2. The zero-order valence-electron chi connectivity index (χ0n) is 16.4. The summed E-state index contributed by atoms with van der Waals surface area (Å²) in [6.45, 7) is 3.51. The highest BCUT2D eigenvalue weighted by molar-refractivity contribution is 7.91. The van der Waals surface area contributed by atoms with Gasteiger partial charge in [-0.25, -0.2) is 8.42 Å². The van der Waals surface area contributed by atoms with E-state index < -0.39 is 9.84 Å². The second-order valence-electron chi connectivity index (χ2n) is 7.02. The van der Waals surface area contributed by atoms with Crippen LogP contribution in [0.25, 0.3) is 11.5 Å². The van der Waals surface area contributed by atoms with E-state index in [0.29, 0.717) is 12.4 Å². The molecular weight excluding hydrogens is 374 g/mol. The Balaban J connectivity index is 2.00. The van der Waals surface area contributed by atoms with E-state index in [1.165, 1.54) is 4.90 Å². The highest BCUT2D eigenvalue weighted by Crippen LogP contribution is 2.33. The molecule has 0 aliphatic heterocycles. The molecule has 0 aliphatic rings.